The van der Waals surface area contributed by atoms with E-state index in [2.05, 4.69) is 40.7 Å². The highest BCUT2D eigenvalue weighted by Gasteiger charge is 2.26. The molecule has 1 amide bonds. The number of nitrogens with one attached hydrogen (secondary N) is 1. The quantitative estimate of drug-likeness (QED) is 0.344. The van der Waals surface area contributed by atoms with Crippen LogP contribution < -0.4 is 14.8 Å². The molecule has 1 heterocycles. The summed E-state index contributed by atoms with van der Waals surface area (Å²) in [4.78, 5) is 27.3. The van der Waals surface area contributed by atoms with Crippen LogP contribution >= 0.6 is 11.8 Å². The van der Waals surface area contributed by atoms with Gasteiger partial charge in [-0.1, -0.05) is 18.2 Å². The van der Waals surface area contributed by atoms with Gasteiger partial charge in [-0.05, 0) is 49.7 Å². The summed E-state index contributed by atoms with van der Waals surface area (Å²) in [6.07, 6.45) is 4.03. The minimum atomic E-state index is -0.582. The molecule has 0 saturated carbocycles. The van der Waals surface area contributed by atoms with Gasteiger partial charge in [-0.2, -0.15) is 0 Å². The first-order chi connectivity index (χ1) is 15.5. The van der Waals surface area contributed by atoms with Crippen LogP contribution in [0, 0.1) is 16.0 Å². The average Bonchev–Trinajstić information content (AvgIpc) is 2.82. The van der Waals surface area contributed by atoms with Crippen LogP contribution in [0.4, 0.5) is 5.69 Å². The summed E-state index contributed by atoms with van der Waals surface area (Å²) in [5, 5.41) is 14.3. The van der Waals surface area contributed by atoms with Crippen molar-refractivity contribution in [3.05, 3.63) is 57.6 Å². The highest BCUT2D eigenvalue weighted by Crippen LogP contribution is 2.34. The lowest BCUT2D eigenvalue weighted by Crippen LogP contribution is -2.38. The summed E-state index contributed by atoms with van der Waals surface area (Å²) in [5.74, 6) is 0.354. The van der Waals surface area contributed by atoms with E-state index in [0.717, 1.165) is 32.5 Å². The number of amides is 1. The van der Waals surface area contributed by atoms with Gasteiger partial charge in [-0.25, -0.2) is 0 Å². The molecule has 0 spiro atoms. The van der Waals surface area contributed by atoms with Crippen LogP contribution in [0.3, 0.4) is 0 Å². The van der Waals surface area contributed by atoms with Gasteiger partial charge in [0, 0.05) is 24.1 Å². The molecule has 2 aromatic rings. The Hall–Kier alpha value is -2.78. The second-order valence-electron chi connectivity index (χ2n) is 7.72. The maximum atomic E-state index is 12.7. The summed E-state index contributed by atoms with van der Waals surface area (Å²) >= 11 is 1.76. The third kappa shape index (κ3) is 5.72. The molecule has 0 radical (unpaired) electrons. The van der Waals surface area contributed by atoms with Gasteiger partial charge in [0.1, 0.15) is 5.56 Å². The summed E-state index contributed by atoms with van der Waals surface area (Å²) < 4.78 is 10.3. The Labute approximate surface area is 192 Å². The van der Waals surface area contributed by atoms with Crippen LogP contribution in [-0.4, -0.2) is 55.8 Å². The number of likely N-dealkylation sites (tertiary alicyclic amines) is 1. The van der Waals surface area contributed by atoms with Crippen LogP contribution in [0.25, 0.3) is 0 Å². The molecule has 3 rings (SSSR count). The largest absolute Gasteiger partial charge is 0.493 e. The van der Waals surface area contributed by atoms with E-state index in [1.54, 1.807) is 11.8 Å². The standard InChI is InChI=1S/C23H29N3O5S/c1-30-20-12-18(19(26(28)29)13-21(20)31-2)23(27)24-14-16-8-10-25(11-9-16)15-17-6-4-5-7-22(17)32-3/h4-7,12-13,16H,8-11,14-15H2,1-3H3,(H,24,27). The molecule has 0 atom stereocenters. The number of methoxy groups -OCH3 is 2. The van der Waals surface area contributed by atoms with Crippen LogP contribution in [0.5, 0.6) is 11.5 Å². The fraction of sp³-hybridized carbons (Fsp3) is 0.435. The van der Waals surface area contributed by atoms with E-state index < -0.39 is 10.8 Å². The van der Waals surface area contributed by atoms with Gasteiger partial charge in [-0.15, -0.1) is 11.8 Å². The first-order valence-corrected chi connectivity index (χ1v) is 11.7. The van der Waals surface area contributed by atoms with Crippen LogP contribution in [0.15, 0.2) is 41.3 Å². The van der Waals surface area contributed by atoms with Crippen molar-refractivity contribution in [1.82, 2.24) is 10.2 Å². The van der Waals surface area contributed by atoms with Gasteiger partial charge in [0.25, 0.3) is 11.6 Å². The highest BCUT2D eigenvalue weighted by molar-refractivity contribution is 7.98. The third-order valence-electron chi connectivity index (χ3n) is 5.79. The Bertz CT molecular complexity index is 961. The summed E-state index contributed by atoms with van der Waals surface area (Å²) in [6, 6.07) is 11.0. The molecule has 172 valence electrons. The number of rotatable bonds is 9. The van der Waals surface area contributed by atoms with Crippen molar-refractivity contribution in [1.29, 1.82) is 0 Å². The minimum absolute atomic E-state index is 0.0289. The number of thioether (sulfide) groups is 1. The predicted octanol–water partition coefficient (Wildman–Crippen LogP) is 3.98. The lowest BCUT2D eigenvalue weighted by Gasteiger charge is -2.32. The Morgan fingerprint density at radius 3 is 2.47 bits per heavy atom. The first-order valence-electron chi connectivity index (χ1n) is 10.5. The van der Waals surface area contributed by atoms with Crippen LogP contribution in [-0.2, 0) is 6.54 Å². The van der Waals surface area contributed by atoms with E-state index in [4.69, 9.17) is 9.47 Å². The molecule has 2 aromatic carbocycles. The number of carbonyl (C=O) groups excluding carboxylic acids is 1. The van der Waals surface area contributed by atoms with Gasteiger partial charge in [0.2, 0.25) is 0 Å². The molecule has 8 nitrogen and oxygen atoms in total. The number of carbonyl (C=O) groups is 1. The van der Waals surface area contributed by atoms with Crippen molar-refractivity contribution in [3.63, 3.8) is 0 Å². The number of piperidine rings is 1. The van der Waals surface area contributed by atoms with Gasteiger partial charge in [-0.3, -0.25) is 19.8 Å². The van der Waals surface area contributed by atoms with E-state index in [1.165, 1.54) is 36.8 Å². The number of nitro groups is 1. The summed E-state index contributed by atoms with van der Waals surface area (Å²) in [5.41, 5.74) is 1.01. The molecular weight excluding hydrogens is 430 g/mol. The van der Waals surface area contributed by atoms with Crippen molar-refractivity contribution >= 4 is 23.4 Å². The third-order valence-corrected chi connectivity index (χ3v) is 6.63. The summed E-state index contributed by atoms with van der Waals surface area (Å²) in [7, 11) is 2.82. The van der Waals surface area contributed by atoms with Crippen molar-refractivity contribution in [2.75, 3.05) is 40.1 Å². The Kier molecular flexibility index (Phi) is 8.35. The molecule has 0 unspecified atom stereocenters. The van der Waals surface area contributed by atoms with E-state index in [0.29, 0.717) is 12.5 Å². The van der Waals surface area contributed by atoms with Gasteiger partial charge < -0.3 is 14.8 Å². The van der Waals surface area contributed by atoms with Crippen molar-refractivity contribution in [2.24, 2.45) is 5.92 Å². The molecular formula is C23H29N3O5S. The number of nitro benzene ring substituents is 1. The van der Waals surface area contributed by atoms with E-state index in [-0.39, 0.29) is 22.7 Å². The van der Waals surface area contributed by atoms with Crippen LogP contribution in [0.1, 0.15) is 28.8 Å². The van der Waals surface area contributed by atoms with Gasteiger partial charge in [0.05, 0.1) is 25.2 Å². The zero-order valence-corrected chi connectivity index (χ0v) is 19.4. The van der Waals surface area contributed by atoms with Crippen molar-refractivity contribution in [3.8, 4) is 11.5 Å². The molecule has 1 saturated heterocycles. The summed E-state index contributed by atoms with van der Waals surface area (Å²) in [6.45, 7) is 3.33. The monoisotopic (exact) mass is 459 g/mol. The van der Waals surface area contributed by atoms with Gasteiger partial charge >= 0.3 is 0 Å². The second-order valence-corrected chi connectivity index (χ2v) is 8.57. The molecule has 1 N–H and O–H groups in total. The number of ether oxygens (including phenoxy) is 2. The zero-order valence-electron chi connectivity index (χ0n) is 18.6. The molecule has 9 heteroatoms. The maximum Gasteiger partial charge on any atom is 0.286 e. The lowest BCUT2D eigenvalue weighted by atomic mass is 9.96. The number of benzene rings is 2. The van der Waals surface area contributed by atoms with Crippen molar-refractivity contribution < 1.29 is 19.2 Å². The van der Waals surface area contributed by atoms with Crippen molar-refractivity contribution in [2.45, 2.75) is 24.3 Å². The lowest BCUT2D eigenvalue weighted by molar-refractivity contribution is -0.385. The second kappa shape index (κ2) is 11.2. The first kappa shape index (κ1) is 23.9. The van der Waals surface area contributed by atoms with Gasteiger partial charge in [0.15, 0.2) is 11.5 Å². The molecule has 1 fully saturated rings. The number of nitrogens with zero attached hydrogens (tertiary/aromatic N) is 2. The Morgan fingerprint density at radius 2 is 1.84 bits per heavy atom. The molecule has 0 bridgehead atoms. The van der Waals surface area contributed by atoms with E-state index in [1.807, 2.05) is 0 Å². The average molecular weight is 460 g/mol. The normalized spacial score (nSPS) is 14.7. The highest BCUT2D eigenvalue weighted by atomic mass is 32.2. The SMILES string of the molecule is COc1cc(C(=O)NCC2CCN(Cc3ccccc3SC)CC2)c([N+](=O)[O-])cc1OC. The molecule has 0 aliphatic carbocycles. The van der Waals surface area contributed by atoms with E-state index in [9.17, 15) is 14.9 Å². The topological polar surface area (TPSA) is 93.9 Å². The number of hydrogen-bond donors (Lipinski definition) is 1. The molecule has 1 aliphatic heterocycles. The fourth-order valence-corrected chi connectivity index (χ4v) is 4.57. The zero-order chi connectivity index (χ0) is 23.1. The smallest absolute Gasteiger partial charge is 0.286 e. The minimum Gasteiger partial charge on any atom is -0.493 e. The Balaban J connectivity index is 1.57. The maximum absolute atomic E-state index is 12.7. The number of hydrogen-bond acceptors (Lipinski definition) is 7. The molecule has 0 aromatic heterocycles. The van der Waals surface area contributed by atoms with E-state index >= 15 is 0 Å². The molecule has 32 heavy (non-hydrogen) atoms. The fourth-order valence-electron chi connectivity index (χ4n) is 3.96. The predicted molar refractivity (Wildman–Crippen MR) is 125 cm³/mol. The molecule has 1 aliphatic rings. The van der Waals surface area contributed by atoms with Crippen LogP contribution in [0.2, 0.25) is 0 Å². The Morgan fingerprint density at radius 1 is 1.19 bits per heavy atom.